The monoisotopic (exact) mass is 328 g/mol. The fourth-order valence-corrected chi connectivity index (χ4v) is 2.75. The largest absolute Gasteiger partial charge is 0.481 e. The first-order chi connectivity index (χ1) is 10.2. The van der Waals surface area contributed by atoms with Crippen molar-refractivity contribution in [3.05, 3.63) is 5.82 Å². The van der Waals surface area contributed by atoms with Crippen LogP contribution in [0.5, 0.6) is 0 Å². The Morgan fingerprint density at radius 2 is 2.05 bits per heavy atom. The molecule has 0 spiro atoms. The van der Waals surface area contributed by atoms with Gasteiger partial charge in [-0.05, 0) is 23.6 Å². The van der Waals surface area contributed by atoms with E-state index < -0.39 is 20.0 Å². The lowest BCUT2D eigenvalue weighted by Gasteiger charge is -2.14. The number of aromatic nitrogens is 4. The van der Waals surface area contributed by atoms with Crippen molar-refractivity contribution in [2.75, 3.05) is 6.61 Å². The van der Waals surface area contributed by atoms with Crippen molar-refractivity contribution in [2.45, 2.75) is 59.1 Å². The fourth-order valence-electron chi connectivity index (χ4n) is 2.00. The van der Waals surface area contributed by atoms with E-state index in [1.807, 2.05) is 13.8 Å². The highest BCUT2D eigenvalue weighted by Crippen LogP contribution is 2.15. The number of carbonyl (C=O) groups is 1. The molecule has 1 rings (SSSR count). The molecule has 1 heterocycles. The van der Waals surface area contributed by atoms with Crippen molar-refractivity contribution in [3.8, 4) is 0 Å². The zero-order valence-electron chi connectivity index (χ0n) is 14.2. The van der Waals surface area contributed by atoms with Gasteiger partial charge in [-0.2, -0.15) is 0 Å². The Morgan fingerprint density at radius 3 is 2.59 bits per heavy atom. The van der Waals surface area contributed by atoms with E-state index in [0.717, 1.165) is 6.04 Å². The predicted molar refractivity (Wildman–Crippen MR) is 86.2 cm³/mol. The molecule has 1 atom stereocenters. The van der Waals surface area contributed by atoms with Gasteiger partial charge in [-0.3, -0.25) is 4.79 Å². The number of rotatable bonds is 10. The number of ether oxygens (including phenoxy) is 1. The first-order valence-corrected chi connectivity index (χ1v) is 11.5. The minimum atomic E-state index is -1.10. The Morgan fingerprint density at radius 1 is 1.36 bits per heavy atom. The molecule has 0 aliphatic carbocycles. The van der Waals surface area contributed by atoms with E-state index in [4.69, 9.17) is 4.74 Å². The number of aliphatic carboxylic acids is 1. The molecule has 8 heteroatoms. The second-order valence-corrected chi connectivity index (χ2v) is 12.9. The molecule has 0 aliphatic rings. The van der Waals surface area contributed by atoms with Crippen LogP contribution in [0, 0.1) is 11.8 Å². The first-order valence-electron chi connectivity index (χ1n) is 7.74. The van der Waals surface area contributed by atoms with Gasteiger partial charge in [0.2, 0.25) is 0 Å². The van der Waals surface area contributed by atoms with E-state index in [1.165, 1.54) is 4.80 Å². The molecular weight excluding hydrogens is 300 g/mol. The third-order valence-electron chi connectivity index (χ3n) is 3.23. The van der Waals surface area contributed by atoms with E-state index in [2.05, 4.69) is 35.1 Å². The Labute approximate surface area is 133 Å². The van der Waals surface area contributed by atoms with Crippen LogP contribution in [0.3, 0.4) is 0 Å². The molecule has 0 amide bonds. The van der Waals surface area contributed by atoms with Crippen LogP contribution in [0.15, 0.2) is 0 Å². The van der Waals surface area contributed by atoms with Crippen molar-refractivity contribution in [3.63, 3.8) is 0 Å². The summed E-state index contributed by atoms with van der Waals surface area (Å²) in [5.41, 5.74) is 0. The molecule has 0 aromatic carbocycles. The summed E-state index contributed by atoms with van der Waals surface area (Å²) in [7, 11) is -1.10. The highest BCUT2D eigenvalue weighted by atomic mass is 28.3. The second kappa shape index (κ2) is 8.38. The summed E-state index contributed by atoms with van der Waals surface area (Å²) in [6.07, 6.45) is 0.916. The van der Waals surface area contributed by atoms with Crippen LogP contribution in [0.1, 0.15) is 26.1 Å². The molecule has 0 saturated carbocycles. The van der Waals surface area contributed by atoms with Crippen LogP contribution in [0.4, 0.5) is 0 Å². The molecule has 0 bridgehead atoms. The average molecular weight is 328 g/mol. The number of tetrazole rings is 1. The van der Waals surface area contributed by atoms with Crippen molar-refractivity contribution in [1.29, 1.82) is 0 Å². The highest BCUT2D eigenvalue weighted by Gasteiger charge is 2.21. The molecule has 22 heavy (non-hydrogen) atoms. The minimum absolute atomic E-state index is 0.263. The quantitative estimate of drug-likeness (QED) is 0.523. The van der Waals surface area contributed by atoms with E-state index >= 15 is 0 Å². The zero-order chi connectivity index (χ0) is 16.8. The number of hydrogen-bond donors (Lipinski definition) is 1. The van der Waals surface area contributed by atoms with E-state index in [9.17, 15) is 9.90 Å². The lowest BCUT2D eigenvalue weighted by molar-refractivity contribution is -0.142. The third-order valence-corrected chi connectivity index (χ3v) is 4.94. The van der Waals surface area contributed by atoms with Gasteiger partial charge in [0.1, 0.15) is 0 Å². The molecule has 0 aliphatic heterocycles. The highest BCUT2D eigenvalue weighted by molar-refractivity contribution is 6.76. The lowest BCUT2D eigenvalue weighted by atomic mass is 9.94. The maximum absolute atomic E-state index is 11.2. The first kappa shape index (κ1) is 18.8. The molecule has 0 fully saturated rings. The minimum Gasteiger partial charge on any atom is -0.481 e. The van der Waals surface area contributed by atoms with E-state index in [0.29, 0.717) is 31.2 Å². The molecule has 1 aromatic heterocycles. The molecule has 7 nitrogen and oxygen atoms in total. The van der Waals surface area contributed by atoms with Crippen LogP contribution in [0.2, 0.25) is 25.7 Å². The van der Waals surface area contributed by atoms with Gasteiger partial charge >= 0.3 is 5.97 Å². The van der Waals surface area contributed by atoms with Crippen molar-refractivity contribution in [2.24, 2.45) is 11.8 Å². The summed E-state index contributed by atoms with van der Waals surface area (Å²) in [6.45, 7) is 11.9. The van der Waals surface area contributed by atoms with Gasteiger partial charge in [0, 0.05) is 21.1 Å². The van der Waals surface area contributed by atoms with Gasteiger partial charge in [0.05, 0.1) is 5.92 Å². The summed E-state index contributed by atoms with van der Waals surface area (Å²) >= 11 is 0. The lowest BCUT2D eigenvalue weighted by Crippen LogP contribution is -2.22. The smallest absolute Gasteiger partial charge is 0.306 e. The van der Waals surface area contributed by atoms with Gasteiger partial charge in [-0.25, -0.2) is 0 Å². The summed E-state index contributed by atoms with van der Waals surface area (Å²) in [5.74, 6) is -0.496. The molecule has 1 N–H and O–H groups in total. The molecule has 0 radical (unpaired) electrons. The normalized spacial score (nSPS) is 13.5. The second-order valence-electron chi connectivity index (χ2n) is 7.29. The van der Waals surface area contributed by atoms with Crippen molar-refractivity contribution < 1.29 is 14.6 Å². The standard InChI is InChI=1S/C14H28N4O3Si/c1-11(2)8-12(14(19)20)9-13-15-17-18(16-13)10-21-6-7-22(3,4)5/h11-12H,6-10H2,1-5H3,(H,19,20). The molecule has 126 valence electrons. The molecule has 1 aromatic rings. The number of carboxylic acid groups (broad SMARTS) is 1. The maximum Gasteiger partial charge on any atom is 0.306 e. The average Bonchev–Trinajstić information content (AvgIpc) is 2.80. The Kier molecular flexibility index (Phi) is 7.14. The van der Waals surface area contributed by atoms with Gasteiger partial charge in [-0.1, -0.05) is 33.5 Å². The summed E-state index contributed by atoms with van der Waals surface area (Å²) in [6, 6.07) is 1.09. The van der Waals surface area contributed by atoms with Gasteiger partial charge in [-0.15, -0.1) is 15.0 Å². The van der Waals surface area contributed by atoms with Crippen LogP contribution >= 0.6 is 0 Å². The number of nitrogens with zero attached hydrogens (tertiary/aromatic N) is 4. The molecular formula is C14H28N4O3Si. The SMILES string of the molecule is CC(C)CC(Cc1nnn(COCC[Si](C)(C)C)n1)C(=O)O. The van der Waals surface area contributed by atoms with Gasteiger partial charge in [0.15, 0.2) is 12.6 Å². The van der Waals surface area contributed by atoms with E-state index in [-0.39, 0.29) is 6.73 Å². The number of carboxylic acids is 1. The summed E-state index contributed by atoms with van der Waals surface area (Å²) in [4.78, 5) is 12.6. The van der Waals surface area contributed by atoms with Crippen LogP contribution < -0.4 is 0 Å². The molecule has 0 saturated heterocycles. The summed E-state index contributed by atoms with van der Waals surface area (Å²) < 4.78 is 5.54. The Bertz CT molecular complexity index is 471. The zero-order valence-corrected chi connectivity index (χ0v) is 15.2. The van der Waals surface area contributed by atoms with Crippen molar-refractivity contribution >= 4 is 14.0 Å². The topological polar surface area (TPSA) is 90.1 Å². The van der Waals surface area contributed by atoms with E-state index in [1.54, 1.807) is 0 Å². The third kappa shape index (κ3) is 7.65. The summed E-state index contributed by atoms with van der Waals surface area (Å²) in [5, 5.41) is 21.3. The maximum atomic E-state index is 11.2. The van der Waals surface area contributed by atoms with Crippen LogP contribution in [0.25, 0.3) is 0 Å². The Balaban J connectivity index is 2.44. The predicted octanol–water partition coefficient (Wildman–Crippen LogP) is 2.27. The van der Waals surface area contributed by atoms with Crippen LogP contribution in [-0.4, -0.2) is 46.0 Å². The van der Waals surface area contributed by atoms with Crippen LogP contribution in [-0.2, 0) is 22.7 Å². The molecule has 1 unspecified atom stereocenters. The fraction of sp³-hybridized carbons (Fsp3) is 0.857. The Hall–Kier alpha value is -1.28. The number of hydrogen-bond acceptors (Lipinski definition) is 5. The van der Waals surface area contributed by atoms with Crippen molar-refractivity contribution in [1.82, 2.24) is 20.2 Å². The van der Waals surface area contributed by atoms with Gasteiger partial charge in [0.25, 0.3) is 0 Å². The van der Waals surface area contributed by atoms with Gasteiger partial charge < -0.3 is 9.84 Å².